The molecule has 0 aromatic heterocycles. The maximum absolute atomic E-state index is 10.7. The van der Waals surface area contributed by atoms with Gasteiger partial charge in [-0.2, -0.15) is 10.5 Å². The fourth-order valence-electron chi connectivity index (χ4n) is 1.27. The minimum Gasteiger partial charge on any atom is -0.465 e. The highest BCUT2D eigenvalue weighted by molar-refractivity contribution is 5.92. The van der Waals surface area contributed by atoms with Crippen molar-refractivity contribution in [1.29, 1.82) is 10.5 Å². The lowest BCUT2D eigenvalue weighted by molar-refractivity contribution is -0.282. The van der Waals surface area contributed by atoms with Crippen molar-refractivity contribution in [2.24, 2.45) is 0 Å². The van der Waals surface area contributed by atoms with Gasteiger partial charge >= 0.3 is 11.9 Å². The molecule has 0 atom stereocenters. The quantitative estimate of drug-likeness (QED) is 0.235. The van der Waals surface area contributed by atoms with Gasteiger partial charge in [-0.25, -0.2) is 4.79 Å². The van der Waals surface area contributed by atoms with E-state index in [-0.39, 0.29) is 12.0 Å². The van der Waals surface area contributed by atoms with Crippen LogP contribution in [-0.4, -0.2) is 51.4 Å². The highest BCUT2D eigenvalue weighted by atomic mass is 16.8. The molecule has 9 heteroatoms. The number of hydrogen-bond acceptors (Lipinski definition) is 9. The zero-order valence-corrected chi connectivity index (χ0v) is 17.6. The van der Waals surface area contributed by atoms with Gasteiger partial charge in [-0.1, -0.05) is 6.08 Å². The Balaban J connectivity index is -0.000000337. The van der Waals surface area contributed by atoms with Gasteiger partial charge in [0.05, 0.1) is 19.3 Å². The average Bonchev–Trinajstić information content (AvgIpc) is 2.65. The van der Waals surface area contributed by atoms with E-state index in [1.807, 2.05) is 20.8 Å². The van der Waals surface area contributed by atoms with Crippen LogP contribution in [0.2, 0.25) is 0 Å². The SMILES string of the molecule is C/C=C(\C#N)C(=O)OCC.CCOC(=O)CC#N.CCOC(OCC)OCC. The highest BCUT2D eigenvalue weighted by Gasteiger charge is 2.06. The first-order valence-electron chi connectivity index (χ1n) is 9.02. The average molecular weight is 400 g/mol. The summed E-state index contributed by atoms with van der Waals surface area (Å²) >= 11 is 0. The fourth-order valence-corrected chi connectivity index (χ4v) is 1.27. The molecule has 160 valence electrons. The molecule has 28 heavy (non-hydrogen) atoms. The van der Waals surface area contributed by atoms with Gasteiger partial charge in [0.15, 0.2) is 0 Å². The lowest BCUT2D eigenvalue weighted by atomic mass is 10.3. The van der Waals surface area contributed by atoms with Crippen molar-refractivity contribution in [3.63, 3.8) is 0 Å². The second kappa shape index (κ2) is 24.5. The van der Waals surface area contributed by atoms with Crippen LogP contribution in [0.5, 0.6) is 0 Å². The fraction of sp³-hybridized carbons (Fsp3) is 0.684. The Labute approximate surface area is 167 Å². The third-order valence-corrected chi connectivity index (χ3v) is 2.34. The molecule has 0 bridgehead atoms. The third kappa shape index (κ3) is 21.6. The molecule has 0 spiro atoms. The number of nitriles is 2. The van der Waals surface area contributed by atoms with E-state index in [2.05, 4.69) is 9.47 Å². The van der Waals surface area contributed by atoms with Gasteiger partial charge in [0.25, 0.3) is 6.48 Å². The summed E-state index contributed by atoms with van der Waals surface area (Å²) in [6, 6.07) is 3.40. The molecule has 0 heterocycles. The van der Waals surface area contributed by atoms with Gasteiger partial charge in [0.2, 0.25) is 0 Å². The number of allylic oxidation sites excluding steroid dienone is 1. The summed E-state index contributed by atoms with van der Waals surface area (Å²) in [5, 5.41) is 16.2. The molecule has 0 aliphatic heterocycles. The van der Waals surface area contributed by atoms with E-state index in [0.717, 1.165) is 0 Å². The Hall–Kier alpha value is -2.46. The Morgan fingerprint density at radius 1 is 0.857 bits per heavy atom. The van der Waals surface area contributed by atoms with E-state index in [1.165, 1.54) is 6.08 Å². The number of esters is 2. The molecule has 9 nitrogen and oxygen atoms in total. The number of rotatable bonds is 10. The monoisotopic (exact) mass is 400 g/mol. The van der Waals surface area contributed by atoms with Crippen molar-refractivity contribution in [2.75, 3.05) is 33.0 Å². The molecule has 0 fully saturated rings. The largest absolute Gasteiger partial charge is 0.465 e. The summed E-state index contributed by atoms with van der Waals surface area (Å²) in [6.45, 7) is 12.8. The molecule has 0 radical (unpaired) electrons. The van der Waals surface area contributed by atoms with E-state index in [9.17, 15) is 9.59 Å². The standard InChI is InChI=1S/C7H9NO2.C7H16O3.C5H7NO2/c1-3-6(5-8)7(9)10-4-2;1-4-8-7(9-5-2)10-6-3;1-2-8-5(7)3-4-6/h3H,4H2,1-2H3;7H,4-6H2,1-3H3;2-3H2,1H3/b6-3+;;. The first-order valence-corrected chi connectivity index (χ1v) is 9.02. The smallest absolute Gasteiger partial charge is 0.348 e. The second-order valence-electron chi connectivity index (χ2n) is 4.33. The molecule has 0 aliphatic rings. The van der Waals surface area contributed by atoms with Crippen LogP contribution in [0.3, 0.4) is 0 Å². The molecule has 0 unspecified atom stereocenters. The molecule has 0 saturated heterocycles. The summed E-state index contributed by atoms with van der Waals surface area (Å²) in [4.78, 5) is 20.9. The molecule has 0 amide bonds. The lowest BCUT2D eigenvalue weighted by Gasteiger charge is -2.15. The number of carbonyl (C=O) groups is 2. The van der Waals surface area contributed by atoms with E-state index >= 15 is 0 Å². The molecule has 0 rings (SSSR count). The van der Waals surface area contributed by atoms with E-state index < -0.39 is 18.4 Å². The molecule has 0 saturated carbocycles. The van der Waals surface area contributed by atoms with Crippen molar-refractivity contribution < 1.29 is 33.3 Å². The van der Waals surface area contributed by atoms with Gasteiger partial charge in [0, 0.05) is 19.8 Å². The Morgan fingerprint density at radius 2 is 1.32 bits per heavy atom. The maximum atomic E-state index is 10.7. The van der Waals surface area contributed by atoms with Crippen molar-refractivity contribution in [3.8, 4) is 12.1 Å². The van der Waals surface area contributed by atoms with E-state index in [4.69, 9.17) is 24.7 Å². The molecule has 0 aliphatic carbocycles. The molecular formula is C19H32N2O7. The molecule has 0 aromatic carbocycles. The first kappa shape index (κ1) is 30.3. The van der Waals surface area contributed by atoms with Crippen LogP contribution in [0.4, 0.5) is 0 Å². The van der Waals surface area contributed by atoms with Crippen LogP contribution < -0.4 is 0 Å². The minimum absolute atomic E-state index is 0.0573. The van der Waals surface area contributed by atoms with Crippen LogP contribution in [0.25, 0.3) is 0 Å². The molecule has 0 aromatic rings. The van der Waals surface area contributed by atoms with Gasteiger partial charge < -0.3 is 23.7 Å². The van der Waals surface area contributed by atoms with Crippen molar-refractivity contribution >= 4 is 11.9 Å². The summed E-state index contributed by atoms with van der Waals surface area (Å²) in [5.74, 6) is -0.998. The Kier molecular flexibility index (Phi) is 26.5. The van der Waals surface area contributed by atoms with Gasteiger partial charge in [-0.15, -0.1) is 0 Å². The van der Waals surface area contributed by atoms with Crippen LogP contribution in [0, 0.1) is 22.7 Å². The van der Waals surface area contributed by atoms with Crippen molar-refractivity contribution in [3.05, 3.63) is 11.6 Å². The Bertz CT molecular complexity index is 493. The highest BCUT2D eigenvalue weighted by Crippen LogP contribution is 1.96. The summed E-state index contributed by atoms with van der Waals surface area (Å²) in [5.41, 5.74) is 0.0573. The summed E-state index contributed by atoms with van der Waals surface area (Å²) < 4.78 is 24.2. The number of carbonyl (C=O) groups excluding carboxylic acids is 2. The first-order chi connectivity index (χ1) is 13.4. The minimum atomic E-state index is -0.549. The maximum Gasteiger partial charge on any atom is 0.348 e. The zero-order chi connectivity index (χ0) is 22.2. The summed E-state index contributed by atoms with van der Waals surface area (Å²) in [6.07, 6.45) is 1.28. The van der Waals surface area contributed by atoms with Crippen molar-refractivity contribution in [2.45, 2.75) is 54.4 Å². The van der Waals surface area contributed by atoms with E-state index in [1.54, 1.807) is 32.9 Å². The lowest BCUT2D eigenvalue weighted by Crippen LogP contribution is -2.20. The second-order valence-corrected chi connectivity index (χ2v) is 4.33. The van der Waals surface area contributed by atoms with Gasteiger partial charge in [-0.05, 0) is 41.5 Å². The molecule has 0 N–H and O–H groups in total. The molecular weight excluding hydrogens is 368 g/mol. The van der Waals surface area contributed by atoms with Crippen LogP contribution in [-0.2, 0) is 33.3 Å². The van der Waals surface area contributed by atoms with Gasteiger partial charge in [-0.3, -0.25) is 4.79 Å². The van der Waals surface area contributed by atoms with Crippen molar-refractivity contribution in [1.82, 2.24) is 0 Å². The zero-order valence-electron chi connectivity index (χ0n) is 17.6. The predicted molar refractivity (Wildman–Crippen MR) is 102 cm³/mol. The number of hydrogen-bond donors (Lipinski definition) is 0. The third-order valence-electron chi connectivity index (χ3n) is 2.34. The normalized spacial score (nSPS) is 9.68. The van der Waals surface area contributed by atoms with E-state index in [0.29, 0.717) is 33.0 Å². The van der Waals surface area contributed by atoms with Crippen LogP contribution in [0.15, 0.2) is 11.6 Å². The van der Waals surface area contributed by atoms with Crippen LogP contribution in [0.1, 0.15) is 48.0 Å². The predicted octanol–water partition coefficient (Wildman–Crippen LogP) is 2.86. The Morgan fingerprint density at radius 3 is 1.61 bits per heavy atom. The number of ether oxygens (including phenoxy) is 5. The van der Waals surface area contributed by atoms with Gasteiger partial charge in [0.1, 0.15) is 18.1 Å². The number of nitrogens with zero attached hydrogens (tertiary/aromatic N) is 2. The topological polar surface area (TPSA) is 128 Å². The van der Waals surface area contributed by atoms with Crippen LogP contribution >= 0.6 is 0 Å². The summed E-state index contributed by atoms with van der Waals surface area (Å²) in [7, 11) is 0.